The molecule has 0 bridgehead atoms. The van der Waals surface area contributed by atoms with Gasteiger partial charge in [-0.25, -0.2) is 8.42 Å². The van der Waals surface area contributed by atoms with Crippen molar-refractivity contribution in [3.63, 3.8) is 0 Å². The van der Waals surface area contributed by atoms with Crippen molar-refractivity contribution in [1.82, 2.24) is 10.2 Å². The predicted molar refractivity (Wildman–Crippen MR) is 170 cm³/mol. The van der Waals surface area contributed by atoms with Gasteiger partial charge in [-0.05, 0) is 81.3 Å². The van der Waals surface area contributed by atoms with E-state index in [1.165, 1.54) is 61.6 Å². The number of ether oxygens (including phenoxy) is 2. The van der Waals surface area contributed by atoms with E-state index in [0.717, 1.165) is 9.87 Å². The summed E-state index contributed by atoms with van der Waals surface area (Å²) in [4.78, 5) is 28.9. The summed E-state index contributed by atoms with van der Waals surface area (Å²) >= 11 is 12.2. The molecule has 3 aromatic carbocycles. The Morgan fingerprint density at radius 1 is 0.884 bits per heavy atom. The van der Waals surface area contributed by atoms with E-state index in [1.807, 2.05) is 20.8 Å². The fourth-order valence-electron chi connectivity index (χ4n) is 4.40. The Bertz CT molecular complexity index is 1520. The maximum atomic E-state index is 14.2. The number of halogens is 2. The van der Waals surface area contributed by atoms with Crippen LogP contribution in [0, 0.1) is 0 Å². The Morgan fingerprint density at radius 3 is 1.95 bits per heavy atom. The monoisotopic (exact) mass is 649 g/mol. The largest absolute Gasteiger partial charge is 0.493 e. The summed E-state index contributed by atoms with van der Waals surface area (Å²) < 4.78 is 39.8. The number of carbonyl (C=O) groups excluding carboxylic acids is 2. The molecule has 1 atom stereocenters. The highest BCUT2D eigenvalue weighted by Crippen LogP contribution is 2.33. The molecule has 43 heavy (non-hydrogen) atoms. The van der Waals surface area contributed by atoms with E-state index in [4.69, 9.17) is 32.7 Å². The average molecular weight is 651 g/mol. The van der Waals surface area contributed by atoms with E-state index < -0.39 is 34.1 Å². The molecule has 12 heteroatoms. The lowest BCUT2D eigenvalue weighted by Crippen LogP contribution is -2.55. The summed E-state index contributed by atoms with van der Waals surface area (Å²) in [7, 11) is -1.48. The Morgan fingerprint density at radius 2 is 1.44 bits per heavy atom. The lowest BCUT2D eigenvalue weighted by atomic mass is 10.1. The lowest BCUT2D eigenvalue weighted by molar-refractivity contribution is -0.141. The van der Waals surface area contributed by atoms with Gasteiger partial charge in [0.05, 0.1) is 24.8 Å². The minimum absolute atomic E-state index is 0.0525. The van der Waals surface area contributed by atoms with E-state index >= 15 is 0 Å². The molecule has 1 N–H and O–H groups in total. The first kappa shape index (κ1) is 34.0. The van der Waals surface area contributed by atoms with Crippen molar-refractivity contribution < 1.29 is 27.5 Å². The molecule has 0 aliphatic heterocycles. The van der Waals surface area contributed by atoms with Gasteiger partial charge in [0, 0.05) is 28.2 Å². The fraction of sp³-hybridized carbons (Fsp3) is 0.355. The quantitative estimate of drug-likeness (QED) is 0.261. The summed E-state index contributed by atoms with van der Waals surface area (Å²) in [5.74, 6) is -0.372. The van der Waals surface area contributed by atoms with Gasteiger partial charge in [-0.2, -0.15) is 0 Å². The Hall–Kier alpha value is -3.47. The molecule has 2 amide bonds. The second-order valence-electron chi connectivity index (χ2n) is 10.8. The first-order valence-electron chi connectivity index (χ1n) is 13.6. The van der Waals surface area contributed by atoms with Crippen LogP contribution in [-0.4, -0.2) is 57.5 Å². The molecule has 9 nitrogen and oxygen atoms in total. The molecule has 0 aromatic heterocycles. The topological polar surface area (TPSA) is 105 Å². The van der Waals surface area contributed by atoms with Crippen LogP contribution in [0.3, 0.4) is 0 Å². The minimum atomic E-state index is -4.32. The predicted octanol–water partition coefficient (Wildman–Crippen LogP) is 5.93. The molecular formula is C31H37Cl2N3O6S. The molecule has 0 unspecified atom stereocenters. The highest BCUT2D eigenvalue weighted by molar-refractivity contribution is 7.92. The van der Waals surface area contributed by atoms with Gasteiger partial charge in [-0.1, -0.05) is 42.3 Å². The van der Waals surface area contributed by atoms with Crippen LogP contribution < -0.4 is 19.1 Å². The second-order valence-corrected chi connectivity index (χ2v) is 13.6. The summed E-state index contributed by atoms with van der Waals surface area (Å²) in [6, 6.07) is 16.3. The number of rotatable bonds is 12. The maximum Gasteiger partial charge on any atom is 0.264 e. The van der Waals surface area contributed by atoms with Gasteiger partial charge in [-0.3, -0.25) is 13.9 Å². The second kappa shape index (κ2) is 14.3. The number of hydrogen-bond acceptors (Lipinski definition) is 6. The zero-order valence-electron chi connectivity index (χ0n) is 25.1. The summed E-state index contributed by atoms with van der Waals surface area (Å²) in [6.07, 6.45) is 0.296. The molecule has 0 spiro atoms. The highest BCUT2D eigenvalue weighted by Gasteiger charge is 2.35. The van der Waals surface area contributed by atoms with Crippen LogP contribution in [0.4, 0.5) is 5.69 Å². The molecule has 3 aromatic rings. The first-order valence-corrected chi connectivity index (χ1v) is 15.8. The summed E-state index contributed by atoms with van der Waals surface area (Å²) in [5.41, 5.74) is 0.387. The fourth-order valence-corrected chi connectivity index (χ4v) is 6.08. The zero-order valence-corrected chi connectivity index (χ0v) is 27.4. The molecule has 0 heterocycles. The Kier molecular flexibility index (Phi) is 11.3. The van der Waals surface area contributed by atoms with Crippen molar-refractivity contribution in [2.24, 2.45) is 0 Å². The van der Waals surface area contributed by atoms with E-state index in [-0.39, 0.29) is 28.8 Å². The van der Waals surface area contributed by atoms with Crippen molar-refractivity contribution >= 4 is 50.7 Å². The van der Waals surface area contributed by atoms with Crippen LogP contribution in [0.1, 0.15) is 39.7 Å². The van der Waals surface area contributed by atoms with Crippen LogP contribution in [0.2, 0.25) is 10.0 Å². The molecule has 0 radical (unpaired) electrons. The van der Waals surface area contributed by atoms with Crippen LogP contribution in [0.25, 0.3) is 0 Å². The third-order valence-corrected chi connectivity index (χ3v) is 8.76. The number of methoxy groups -OCH3 is 2. The van der Waals surface area contributed by atoms with Crippen molar-refractivity contribution in [2.45, 2.75) is 57.1 Å². The molecule has 0 saturated heterocycles. The normalized spacial score (nSPS) is 12.3. The molecule has 0 fully saturated rings. The maximum absolute atomic E-state index is 14.2. The van der Waals surface area contributed by atoms with Crippen molar-refractivity contribution in [3.05, 3.63) is 82.3 Å². The smallest absolute Gasteiger partial charge is 0.264 e. The number of benzene rings is 3. The summed E-state index contributed by atoms with van der Waals surface area (Å²) in [5, 5.41) is 3.86. The molecular weight excluding hydrogens is 613 g/mol. The summed E-state index contributed by atoms with van der Waals surface area (Å²) in [6.45, 7) is 6.80. The number of anilines is 1. The van der Waals surface area contributed by atoms with Crippen molar-refractivity contribution in [1.29, 1.82) is 0 Å². The van der Waals surface area contributed by atoms with Crippen LogP contribution in [0.5, 0.6) is 11.5 Å². The average Bonchev–Trinajstić information content (AvgIpc) is 2.95. The van der Waals surface area contributed by atoms with Gasteiger partial charge < -0.3 is 19.7 Å². The minimum Gasteiger partial charge on any atom is -0.493 e. The molecule has 0 saturated carbocycles. The third-order valence-electron chi connectivity index (χ3n) is 6.49. The van der Waals surface area contributed by atoms with Gasteiger partial charge >= 0.3 is 0 Å². The van der Waals surface area contributed by atoms with E-state index in [0.29, 0.717) is 22.2 Å². The number of carbonyl (C=O) groups is 2. The molecule has 0 aliphatic rings. The third kappa shape index (κ3) is 8.78. The van der Waals surface area contributed by atoms with Crippen LogP contribution in [-0.2, 0) is 26.2 Å². The molecule has 0 aliphatic carbocycles. The van der Waals surface area contributed by atoms with E-state index in [9.17, 15) is 18.0 Å². The first-order chi connectivity index (χ1) is 20.2. The van der Waals surface area contributed by atoms with Gasteiger partial charge in [0.15, 0.2) is 11.5 Å². The lowest BCUT2D eigenvalue weighted by Gasteiger charge is -2.34. The van der Waals surface area contributed by atoms with Gasteiger partial charge in [0.1, 0.15) is 12.6 Å². The number of amides is 2. The highest BCUT2D eigenvalue weighted by atomic mass is 35.5. The number of hydrogen-bond donors (Lipinski definition) is 1. The van der Waals surface area contributed by atoms with Gasteiger partial charge in [-0.15, -0.1) is 0 Å². The van der Waals surface area contributed by atoms with Gasteiger partial charge in [0.2, 0.25) is 11.8 Å². The van der Waals surface area contributed by atoms with Crippen molar-refractivity contribution in [3.8, 4) is 11.5 Å². The Labute approximate surface area is 263 Å². The van der Waals surface area contributed by atoms with Crippen LogP contribution in [0.15, 0.2) is 71.6 Å². The Balaban J connectivity index is 2.10. The number of nitrogens with one attached hydrogen (secondary N) is 1. The van der Waals surface area contributed by atoms with Gasteiger partial charge in [0.25, 0.3) is 10.0 Å². The van der Waals surface area contributed by atoms with Crippen molar-refractivity contribution in [2.75, 3.05) is 25.1 Å². The number of nitrogens with zero attached hydrogens (tertiary/aromatic N) is 2. The SMILES string of the molecule is CC[C@H](C(=O)NC(C)(C)C)N(Cc1ccc(Cl)cc1)C(=O)CN(c1ccc(Cl)cc1)S(=O)(=O)c1ccc(OC)c(OC)c1. The molecule has 3 rings (SSSR count). The van der Waals surface area contributed by atoms with Crippen LogP contribution >= 0.6 is 23.2 Å². The standard InChI is InChI=1S/C31H37Cl2N3O6S/c1-7-26(30(38)34-31(2,3)4)35(19-21-8-10-22(32)11-9-21)29(37)20-36(24-14-12-23(33)13-15-24)43(39,40)25-16-17-27(41-5)28(18-25)42-6/h8-18,26H,7,19-20H2,1-6H3,(H,34,38)/t26-/m1/s1. The van der Waals surface area contributed by atoms with E-state index in [1.54, 1.807) is 31.2 Å². The number of sulfonamides is 1. The van der Waals surface area contributed by atoms with E-state index in [2.05, 4.69) is 5.32 Å². The molecule has 232 valence electrons. The zero-order chi connectivity index (χ0) is 31.9.